The van der Waals surface area contributed by atoms with Gasteiger partial charge in [0, 0.05) is 26.2 Å². The van der Waals surface area contributed by atoms with Crippen LogP contribution in [-0.2, 0) is 9.59 Å². The van der Waals surface area contributed by atoms with Crippen LogP contribution < -0.4 is 5.73 Å². The Kier molecular flexibility index (Phi) is 3.09. The lowest BCUT2D eigenvalue weighted by molar-refractivity contribution is -0.143. The lowest BCUT2D eigenvalue weighted by Gasteiger charge is -2.22. The number of carbonyl (C=O) groups is 2. The smallest absolute Gasteiger partial charge is 0.325 e. The summed E-state index contributed by atoms with van der Waals surface area (Å²) in [5.74, 6) is -0.926. The van der Waals surface area contributed by atoms with Gasteiger partial charge in [0.25, 0.3) is 0 Å². The van der Waals surface area contributed by atoms with Crippen molar-refractivity contribution >= 4 is 11.9 Å². The van der Waals surface area contributed by atoms with E-state index in [1.807, 2.05) is 11.9 Å². The van der Waals surface area contributed by atoms with Crippen LogP contribution in [0.2, 0.25) is 0 Å². The Morgan fingerprint density at radius 2 is 2.18 bits per heavy atom. The molecule has 1 unspecified atom stereocenters. The van der Waals surface area contributed by atoms with Gasteiger partial charge >= 0.3 is 5.97 Å². The molecule has 1 aliphatic heterocycles. The number of nitrogens with zero attached hydrogens (tertiary/aromatic N) is 2. The minimum absolute atomic E-state index is 0.0575. The number of likely N-dealkylation sites (tertiary alicyclic amines) is 1. The highest BCUT2D eigenvalue weighted by Crippen LogP contribution is 2.26. The molecule has 0 bridgehead atoms. The molecular weight excluding hydrogens is 222 g/mol. The second-order valence-corrected chi connectivity index (χ2v) is 5.16. The second-order valence-electron chi connectivity index (χ2n) is 5.16. The maximum Gasteiger partial charge on any atom is 0.325 e. The van der Waals surface area contributed by atoms with E-state index in [9.17, 15) is 9.59 Å². The second kappa shape index (κ2) is 4.27. The molecular formula is C11H19N3O3. The third kappa shape index (κ3) is 2.58. The lowest BCUT2D eigenvalue weighted by Crippen LogP contribution is -2.51. The molecule has 0 aromatic heterocycles. The summed E-state index contributed by atoms with van der Waals surface area (Å²) in [6.07, 6.45) is 2.57. The fourth-order valence-corrected chi connectivity index (χ4v) is 2.19. The van der Waals surface area contributed by atoms with Crippen molar-refractivity contribution in [2.75, 3.05) is 26.7 Å². The Balaban J connectivity index is 1.85. The van der Waals surface area contributed by atoms with E-state index < -0.39 is 11.5 Å². The van der Waals surface area contributed by atoms with Crippen molar-refractivity contribution in [3.8, 4) is 0 Å². The highest BCUT2D eigenvalue weighted by atomic mass is 16.4. The summed E-state index contributed by atoms with van der Waals surface area (Å²) in [6.45, 7) is 1.11. The monoisotopic (exact) mass is 241 g/mol. The quantitative estimate of drug-likeness (QED) is 0.665. The topological polar surface area (TPSA) is 86.9 Å². The molecule has 2 fully saturated rings. The minimum atomic E-state index is -1.18. The van der Waals surface area contributed by atoms with E-state index in [2.05, 4.69) is 0 Å². The third-order valence-electron chi connectivity index (χ3n) is 3.65. The zero-order valence-electron chi connectivity index (χ0n) is 10.1. The van der Waals surface area contributed by atoms with Crippen molar-refractivity contribution in [3.05, 3.63) is 0 Å². The molecule has 0 aromatic rings. The van der Waals surface area contributed by atoms with Crippen molar-refractivity contribution < 1.29 is 14.7 Å². The van der Waals surface area contributed by atoms with Gasteiger partial charge in [-0.05, 0) is 19.3 Å². The number of carboxylic acids is 1. The maximum absolute atomic E-state index is 11.9. The first-order valence-corrected chi connectivity index (χ1v) is 5.93. The first-order chi connectivity index (χ1) is 7.92. The molecule has 1 saturated carbocycles. The Labute approximate surface area is 100 Å². The number of amides is 1. The van der Waals surface area contributed by atoms with Crippen LogP contribution in [0.15, 0.2) is 0 Å². The van der Waals surface area contributed by atoms with Gasteiger partial charge in [-0.2, -0.15) is 0 Å². The zero-order chi connectivity index (χ0) is 12.6. The van der Waals surface area contributed by atoms with E-state index in [1.165, 1.54) is 0 Å². The number of carboxylic acid groups (broad SMARTS) is 1. The molecule has 96 valence electrons. The lowest BCUT2D eigenvalue weighted by atomic mass is 10.0. The molecule has 6 heteroatoms. The average molecular weight is 241 g/mol. The van der Waals surface area contributed by atoms with Gasteiger partial charge in [-0.15, -0.1) is 0 Å². The van der Waals surface area contributed by atoms with Crippen LogP contribution in [0, 0.1) is 0 Å². The summed E-state index contributed by atoms with van der Waals surface area (Å²) in [4.78, 5) is 26.4. The van der Waals surface area contributed by atoms with Gasteiger partial charge in [-0.1, -0.05) is 0 Å². The molecule has 1 heterocycles. The zero-order valence-corrected chi connectivity index (χ0v) is 10.1. The van der Waals surface area contributed by atoms with E-state index in [1.54, 1.807) is 4.90 Å². The Morgan fingerprint density at radius 3 is 2.65 bits per heavy atom. The Morgan fingerprint density at radius 1 is 1.53 bits per heavy atom. The van der Waals surface area contributed by atoms with Crippen molar-refractivity contribution in [3.63, 3.8) is 0 Å². The Hall–Kier alpha value is -1.14. The van der Waals surface area contributed by atoms with E-state index in [4.69, 9.17) is 10.8 Å². The van der Waals surface area contributed by atoms with Crippen LogP contribution in [0.25, 0.3) is 0 Å². The van der Waals surface area contributed by atoms with Crippen LogP contribution in [-0.4, -0.2) is 65.0 Å². The SMILES string of the molecule is CN(C(=O)CN1CCC(N)(C(=O)O)C1)C1CC1. The van der Waals surface area contributed by atoms with Crippen LogP contribution >= 0.6 is 0 Å². The molecule has 0 spiro atoms. The molecule has 2 aliphatic rings. The summed E-state index contributed by atoms with van der Waals surface area (Å²) < 4.78 is 0. The molecule has 1 aliphatic carbocycles. The number of aliphatic carboxylic acids is 1. The van der Waals surface area contributed by atoms with E-state index in [-0.39, 0.29) is 19.0 Å². The number of nitrogens with two attached hydrogens (primary N) is 1. The first-order valence-electron chi connectivity index (χ1n) is 5.93. The summed E-state index contributed by atoms with van der Waals surface area (Å²) in [5, 5.41) is 8.98. The van der Waals surface area contributed by atoms with Gasteiger partial charge in [0.05, 0.1) is 6.54 Å². The molecule has 1 atom stereocenters. The minimum Gasteiger partial charge on any atom is -0.480 e. The van der Waals surface area contributed by atoms with Gasteiger partial charge in [0.1, 0.15) is 5.54 Å². The predicted octanol–water partition coefficient (Wildman–Crippen LogP) is -0.905. The number of likely N-dealkylation sites (N-methyl/N-ethyl adjacent to an activating group) is 1. The molecule has 1 saturated heterocycles. The summed E-state index contributed by atoms with van der Waals surface area (Å²) in [7, 11) is 1.81. The maximum atomic E-state index is 11.9. The van der Waals surface area contributed by atoms with Crippen LogP contribution in [0.4, 0.5) is 0 Å². The van der Waals surface area contributed by atoms with E-state index in [0.717, 1.165) is 12.8 Å². The number of rotatable bonds is 4. The van der Waals surface area contributed by atoms with Crippen molar-refractivity contribution in [2.45, 2.75) is 30.8 Å². The van der Waals surface area contributed by atoms with Gasteiger partial charge in [0.15, 0.2) is 0 Å². The van der Waals surface area contributed by atoms with E-state index >= 15 is 0 Å². The normalized spacial score (nSPS) is 29.3. The molecule has 2 rings (SSSR count). The highest BCUT2D eigenvalue weighted by Gasteiger charge is 2.42. The Bertz CT molecular complexity index is 343. The number of hydrogen-bond donors (Lipinski definition) is 2. The molecule has 6 nitrogen and oxygen atoms in total. The predicted molar refractivity (Wildman–Crippen MR) is 61.4 cm³/mol. The van der Waals surface area contributed by atoms with Gasteiger partial charge in [-0.25, -0.2) is 0 Å². The summed E-state index contributed by atoms with van der Waals surface area (Å²) in [5.41, 5.74) is 4.57. The third-order valence-corrected chi connectivity index (χ3v) is 3.65. The molecule has 0 radical (unpaired) electrons. The molecule has 3 N–H and O–H groups in total. The summed E-state index contributed by atoms with van der Waals surface area (Å²) in [6, 6.07) is 0.396. The van der Waals surface area contributed by atoms with E-state index in [0.29, 0.717) is 19.0 Å². The largest absolute Gasteiger partial charge is 0.480 e. The van der Waals surface area contributed by atoms with Crippen molar-refractivity contribution in [1.82, 2.24) is 9.80 Å². The molecule has 0 aromatic carbocycles. The number of hydrogen-bond acceptors (Lipinski definition) is 4. The van der Waals surface area contributed by atoms with Crippen molar-refractivity contribution in [1.29, 1.82) is 0 Å². The standard InChI is InChI=1S/C11H19N3O3/c1-13(8-2-3-8)9(15)6-14-5-4-11(12,7-14)10(16)17/h8H,2-7,12H2,1H3,(H,16,17). The highest BCUT2D eigenvalue weighted by molar-refractivity contribution is 5.81. The molecule has 1 amide bonds. The van der Waals surface area contributed by atoms with Crippen molar-refractivity contribution in [2.24, 2.45) is 5.73 Å². The van der Waals surface area contributed by atoms with Gasteiger partial charge in [-0.3, -0.25) is 14.5 Å². The van der Waals surface area contributed by atoms with Crippen LogP contribution in [0.1, 0.15) is 19.3 Å². The fourth-order valence-electron chi connectivity index (χ4n) is 2.19. The van der Waals surface area contributed by atoms with Gasteiger partial charge < -0.3 is 15.7 Å². The average Bonchev–Trinajstić information content (AvgIpc) is 3.03. The summed E-state index contributed by atoms with van der Waals surface area (Å²) >= 11 is 0. The van der Waals surface area contributed by atoms with Crippen LogP contribution in [0.5, 0.6) is 0 Å². The fraction of sp³-hybridized carbons (Fsp3) is 0.818. The van der Waals surface area contributed by atoms with Crippen LogP contribution in [0.3, 0.4) is 0 Å². The first kappa shape index (κ1) is 12.3. The molecule has 17 heavy (non-hydrogen) atoms. The number of carbonyl (C=O) groups excluding carboxylic acids is 1. The van der Waals surface area contributed by atoms with Gasteiger partial charge in [0.2, 0.25) is 5.91 Å².